The van der Waals surface area contributed by atoms with Crippen molar-refractivity contribution in [3.05, 3.63) is 23.9 Å². The van der Waals surface area contributed by atoms with Gasteiger partial charge in [0.05, 0.1) is 18.8 Å². The van der Waals surface area contributed by atoms with Crippen LogP contribution in [0.2, 0.25) is 0 Å². The first-order valence-electron chi connectivity index (χ1n) is 7.02. The van der Waals surface area contributed by atoms with Gasteiger partial charge in [0.15, 0.2) is 0 Å². The highest BCUT2D eigenvalue weighted by atomic mass is 35.5. The lowest BCUT2D eigenvalue weighted by Crippen LogP contribution is -2.42. The standard InChI is InChI=1S/C14H20N4O2.2ClH/c15-14(3-4-14)13(19)17-10-11-1-2-12(16-9-11)18-5-7-20-8-6-18;;/h1-2,9H,3-8,10,15H2,(H,17,19);2*1H. The number of pyridine rings is 1. The van der Waals surface area contributed by atoms with E-state index in [1.807, 2.05) is 12.1 Å². The Morgan fingerprint density at radius 2 is 2.00 bits per heavy atom. The number of nitrogens with zero attached hydrogens (tertiary/aromatic N) is 2. The van der Waals surface area contributed by atoms with Crippen molar-refractivity contribution in [1.29, 1.82) is 0 Å². The molecule has 0 bridgehead atoms. The van der Waals surface area contributed by atoms with Gasteiger partial charge in [0, 0.05) is 25.8 Å². The molecule has 0 spiro atoms. The van der Waals surface area contributed by atoms with Crippen LogP contribution < -0.4 is 16.0 Å². The molecule has 1 aromatic rings. The first-order valence-corrected chi connectivity index (χ1v) is 7.02. The molecular formula is C14H22Cl2N4O2. The first kappa shape index (κ1) is 19.0. The molecule has 0 radical (unpaired) electrons. The highest BCUT2D eigenvalue weighted by molar-refractivity contribution is 5.88. The highest BCUT2D eigenvalue weighted by Gasteiger charge is 2.45. The number of nitrogens with one attached hydrogen (secondary N) is 1. The smallest absolute Gasteiger partial charge is 0.240 e. The average molecular weight is 349 g/mol. The molecule has 1 amide bonds. The van der Waals surface area contributed by atoms with Crippen LogP contribution in [0.25, 0.3) is 0 Å². The van der Waals surface area contributed by atoms with Crippen molar-refractivity contribution in [2.24, 2.45) is 5.73 Å². The second-order valence-electron chi connectivity index (χ2n) is 5.46. The van der Waals surface area contributed by atoms with Gasteiger partial charge in [0.1, 0.15) is 5.82 Å². The molecule has 8 heteroatoms. The SMILES string of the molecule is Cl.Cl.NC1(C(=O)NCc2ccc(N3CCOCC3)nc2)CC1. The fraction of sp³-hybridized carbons (Fsp3) is 0.571. The van der Waals surface area contributed by atoms with Crippen LogP contribution in [0.4, 0.5) is 5.82 Å². The average Bonchev–Trinajstić information content (AvgIpc) is 3.25. The number of anilines is 1. The van der Waals surface area contributed by atoms with Crippen molar-refractivity contribution in [2.75, 3.05) is 31.2 Å². The number of carbonyl (C=O) groups excluding carboxylic acids is 1. The fourth-order valence-corrected chi connectivity index (χ4v) is 2.22. The molecule has 22 heavy (non-hydrogen) atoms. The lowest BCUT2D eigenvalue weighted by Gasteiger charge is -2.27. The van der Waals surface area contributed by atoms with Crippen LogP contribution in [0, 0.1) is 0 Å². The molecule has 124 valence electrons. The molecule has 1 saturated heterocycles. The molecule has 1 saturated carbocycles. The van der Waals surface area contributed by atoms with Crippen LogP contribution in [0.5, 0.6) is 0 Å². The van der Waals surface area contributed by atoms with E-state index in [-0.39, 0.29) is 30.7 Å². The van der Waals surface area contributed by atoms with E-state index in [0.29, 0.717) is 6.54 Å². The van der Waals surface area contributed by atoms with E-state index in [2.05, 4.69) is 15.2 Å². The summed E-state index contributed by atoms with van der Waals surface area (Å²) < 4.78 is 5.32. The van der Waals surface area contributed by atoms with E-state index in [1.165, 1.54) is 0 Å². The number of hydrogen-bond acceptors (Lipinski definition) is 5. The molecule has 0 unspecified atom stereocenters. The Morgan fingerprint density at radius 3 is 2.55 bits per heavy atom. The third-order valence-electron chi connectivity index (χ3n) is 3.84. The number of halogens is 2. The zero-order chi connectivity index (χ0) is 14.0. The van der Waals surface area contributed by atoms with Gasteiger partial charge in [-0.3, -0.25) is 4.79 Å². The molecule has 6 nitrogen and oxygen atoms in total. The number of rotatable bonds is 4. The Balaban J connectivity index is 0.00000121. The summed E-state index contributed by atoms with van der Waals surface area (Å²) in [6.07, 6.45) is 3.38. The maximum atomic E-state index is 11.7. The van der Waals surface area contributed by atoms with Crippen molar-refractivity contribution in [2.45, 2.75) is 24.9 Å². The minimum atomic E-state index is -0.610. The van der Waals surface area contributed by atoms with E-state index in [0.717, 1.165) is 50.5 Å². The van der Waals surface area contributed by atoms with Gasteiger partial charge in [-0.2, -0.15) is 0 Å². The highest BCUT2D eigenvalue weighted by Crippen LogP contribution is 2.32. The van der Waals surface area contributed by atoms with E-state index in [4.69, 9.17) is 10.5 Å². The minimum absolute atomic E-state index is 0. The van der Waals surface area contributed by atoms with Crippen molar-refractivity contribution in [3.63, 3.8) is 0 Å². The van der Waals surface area contributed by atoms with Gasteiger partial charge in [0.25, 0.3) is 0 Å². The van der Waals surface area contributed by atoms with Crippen LogP contribution in [0.1, 0.15) is 18.4 Å². The zero-order valence-electron chi connectivity index (χ0n) is 12.3. The Hall–Kier alpha value is -1.08. The summed E-state index contributed by atoms with van der Waals surface area (Å²) >= 11 is 0. The third-order valence-corrected chi connectivity index (χ3v) is 3.84. The van der Waals surface area contributed by atoms with Crippen LogP contribution >= 0.6 is 24.8 Å². The normalized spacial score (nSPS) is 18.7. The van der Waals surface area contributed by atoms with Crippen LogP contribution in [-0.4, -0.2) is 42.7 Å². The lowest BCUT2D eigenvalue weighted by molar-refractivity contribution is -0.123. The van der Waals surface area contributed by atoms with Gasteiger partial charge in [-0.05, 0) is 24.5 Å². The van der Waals surface area contributed by atoms with Gasteiger partial charge in [0.2, 0.25) is 5.91 Å². The summed E-state index contributed by atoms with van der Waals surface area (Å²) in [6, 6.07) is 3.98. The van der Waals surface area contributed by atoms with Crippen molar-refractivity contribution in [1.82, 2.24) is 10.3 Å². The van der Waals surface area contributed by atoms with E-state index in [1.54, 1.807) is 6.20 Å². The predicted octanol–water partition coefficient (Wildman–Crippen LogP) is 0.869. The summed E-state index contributed by atoms with van der Waals surface area (Å²) in [5.41, 5.74) is 6.21. The maximum Gasteiger partial charge on any atom is 0.240 e. The fourth-order valence-electron chi connectivity index (χ4n) is 2.22. The monoisotopic (exact) mass is 348 g/mol. The van der Waals surface area contributed by atoms with E-state index < -0.39 is 5.54 Å². The van der Waals surface area contributed by atoms with E-state index in [9.17, 15) is 4.79 Å². The van der Waals surface area contributed by atoms with Gasteiger partial charge < -0.3 is 20.7 Å². The quantitative estimate of drug-likeness (QED) is 0.843. The molecule has 0 atom stereocenters. The summed E-state index contributed by atoms with van der Waals surface area (Å²) in [5, 5.41) is 2.86. The number of hydrogen-bond donors (Lipinski definition) is 2. The lowest BCUT2D eigenvalue weighted by atomic mass is 10.2. The second-order valence-corrected chi connectivity index (χ2v) is 5.46. The Kier molecular flexibility index (Phi) is 6.87. The molecule has 1 aliphatic carbocycles. The summed E-state index contributed by atoms with van der Waals surface area (Å²) in [4.78, 5) is 18.4. The molecule has 3 rings (SSSR count). The summed E-state index contributed by atoms with van der Waals surface area (Å²) in [7, 11) is 0. The molecule has 2 heterocycles. The third kappa shape index (κ3) is 4.46. The number of aromatic nitrogens is 1. The van der Waals surface area contributed by atoms with Crippen molar-refractivity contribution in [3.8, 4) is 0 Å². The first-order chi connectivity index (χ1) is 9.67. The number of amides is 1. The second kappa shape index (κ2) is 7.97. The zero-order valence-corrected chi connectivity index (χ0v) is 13.9. The van der Waals surface area contributed by atoms with Crippen LogP contribution in [0.15, 0.2) is 18.3 Å². The van der Waals surface area contributed by atoms with Gasteiger partial charge in [-0.1, -0.05) is 6.07 Å². The Labute approximate surface area is 142 Å². The molecule has 2 aliphatic rings. The van der Waals surface area contributed by atoms with Crippen LogP contribution in [-0.2, 0) is 16.1 Å². The van der Waals surface area contributed by atoms with Gasteiger partial charge in [-0.25, -0.2) is 4.98 Å². The van der Waals surface area contributed by atoms with Crippen LogP contribution in [0.3, 0.4) is 0 Å². The number of morpholine rings is 1. The Morgan fingerprint density at radius 1 is 1.32 bits per heavy atom. The molecule has 0 aromatic carbocycles. The largest absolute Gasteiger partial charge is 0.378 e. The number of ether oxygens (including phenoxy) is 1. The number of nitrogens with two attached hydrogens (primary N) is 1. The van der Waals surface area contributed by atoms with E-state index >= 15 is 0 Å². The molecule has 1 aliphatic heterocycles. The van der Waals surface area contributed by atoms with Crippen molar-refractivity contribution >= 4 is 36.5 Å². The summed E-state index contributed by atoms with van der Waals surface area (Å²) in [5.74, 6) is 0.899. The van der Waals surface area contributed by atoms with Gasteiger partial charge >= 0.3 is 0 Å². The predicted molar refractivity (Wildman–Crippen MR) is 89.8 cm³/mol. The molecule has 3 N–H and O–H groups in total. The number of carbonyl (C=O) groups is 1. The van der Waals surface area contributed by atoms with Gasteiger partial charge in [-0.15, -0.1) is 24.8 Å². The molecular weight excluding hydrogens is 327 g/mol. The Bertz CT molecular complexity index is 488. The topological polar surface area (TPSA) is 80.5 Å². The van der Waals surface area contributed by atoms with Crippen molar-refractivity contribution < 1.29 is 9.53 Å². The molecule has 1 aromatic heterocycles. The minimum Gasteiger partial charge on any atom is -0.378 e. The maximum absolute atomic E-state index is 11.7. The summed E-state index contributed by atoms with van der Waals surface area (Å²) in [6.45, 7) is 3.72. The molecule has 2 fully saturated rings.